The minimum atomic E-state index is -0.269. The predicted octanol–water partition coefficient (Wildman–Crippen LogP) is 2.52. The number of nitrogens with one attached hydrogen (secondary N) is 1. The van der Waals surface area contributed by atoms with Crippen LogP contribution in [0.1, 0.15) is 0 Å². The Hall–Kier alpha value is -1.84. The van der Waals surface area contributed by atoms with Crippen molar-refractivity contribution in [2.45, 2.75) is 0 Å². The first kappa shape index (κ1) is 8.74. The van der Waals surface area contributed by atoms with E-state index in [1.807, 2.05) is 0 Å². The smallest absolute Gasteiger partial charge is 0.227 e. The average Bonchev–Trinajstić information content (AvgIpc) is 2.67. The number of anilines is 1. The van der Waals surface area contributed by atoms with E-state index >= 15 is 0 Å². The number of nitrogens with zero attached hydrogens (tertiary/aromatic N) is 1. The maximum atomic E-state index is 12.6. The summed E-state index contributed by atoms with van der Waals surface area (Å²) in [4.78, 5) is 4.13. The van der Waals surface area contributed by atoms with Gasteiger partial charge in [0.05, 0.1) is 0 Å². The lowest BCUT2D eigenvalue weighted by Gasteiger charge is -1.93. The molecule has 1 heterocycles. The summed E-state index contributed by atoms with van der Waals surface area (Å²) in [6, 6.07) is 6.00. The zero-order chi connectivity index (χ0) is 9.97. The van der Waals surface area contributed by atoms with Crippen molar-refractivity contribution in [3.05, 3.63) is 36.3 Å². The second kappa shape index (κ2) is 3.49. The van der Waals surface area contributed by atoms with Gasteiger partial charge in [0.15, 0.2) is 5.82 Å². The Morgan fingerprint density at radius 3 is 2.57 bits per heavy atom. The highest BCUT2D eigenvalue weighted by Crippen LogP contribution is 2.20. The molecule has 0 aliphatic rings. The van der Waals surface area contributed by atoms with Crippen molar-refractivity contribution in [1.82, 2.24) is 4.98 Å². The Morgan fingerprint density at radius 1 is 1.29 bits per heavy atom. The number of halogens is 1. The third-order valence-electron chi connectivity index (χ3n) is 1.85. The fourth-order valence-corrected chi connectivity index (χ4v) is 1.11. The van der Waals surface area contributed by atoms with Gasteiger partial charge in [-0.2, -0.15) is 4.98 Å². The Morgan fingerprint density at radius 2 is 2.00 bits per heavy atom. The van der Waals surface area contributed by atoms with E-state index in [1.165, 1.54) is 18.4 Å². The molecule has 0 amide bonds. The maximum Gasteiger partial charge on any atom is 0.227 e. The molecule has 1 N–H and O–H groups in total. The highest BCUT2D eigenvalue weighted by molar-refractivity contribution is 5.55. The fourth-order valence-electron chi connectivity index (χ4n) is 1.11. The normalized spacial score (nSPS) is 10.1. The van der Waals surface area contributed by atoms with Gasteiger partial charge in [-0.05, 0) is 24.3 Å². The van der Waals surface area contributed by atoms with Gasteiger partial charge >= 0.3 is 0 Å². The molecule has 0 bridgehead atoms. The SMILES string of the molecule is CNc1coc(-c2ccc(F)cc2)n1. The van der Waals surface area contributed by atoms with Gasteiger partial charge in [0.1, 0.15) is 12.1 Å². The lowest BCUT2D eigenvalue weighted by molar-refractivity contribution is 0.574. The van der Waals surface area contributed by atoms with Gasteiger partial charge in [-0.15, -0.1) is 0 Å². The second-order valence-electron chi connectivity index (χ2n) is 2.79. The Bertz CT molecular complexity index is 422. The molecule has 2 rings (SSSR count). The van der Waals surface area contributed by atoms with E-state index in [-0.39, 0.29) is 5.82 Å². The number of oxazole rings is 1. The molecule has 0 saturated heterocycles. The summed E-state index contributed by atoms with van der Waals surface area (Å²) >= 11 is 0. The van der Waals surface area contributed by atoms with Crippen LogP contribution in [-0.4, -0.2) is 12.0 Å². The molecule has 0 fully saturated rings. The molecule has 4 heteroatoms. The van der Waals surface area contributed by atoms with Crippen molar-refractivity contribution in [3.63, 3.8) is 0 Å². The van der Waals surface area contributed by atoms with Crippen molar-refractivity contribution in [3.8, 4) is 11.5 Å². The molecule has 1 aromatic heterocycles. The van der Waals surface area contributed by atoms with Crippen molar-refractivity contribution >= 4 is 5.82 Å². The third-order valence-corrected chi connectivity index (χ3v) is 1.85. The van der Waals surface area contributed by atoms with E-state index in [0.717, 1.165) is 5.56 Å². The molecule has 0 radical (unpaired) electrons. The van der Waals surface area contributed by atoms with Crippen LogP contribution in [0.2, 0.25) is 0 Å². The van der Waals surface area contributed by atoms with Gasteiger partial charge in [0.25, 0.3) is 0 Å². The first-order valence-corrected chi connectivity index (χ1v) is 4.19. The van der Waals surface area contributed by atoms with E-state index in [0.29, 0.717) is 11.7 Å². The molecule has 0 unspecified atom stereocenters. The van der Waals surface area contributed by atoms with Crippen molar-refractivity contribution in [1.29, 1.82) is 0 Å². The lowest BCUT2D eigenvalue weighted by Crippen LogP contribution is -1.86. The molecule has 3 nitrogen and oxygen atoms in total. The highest BCUT2D eigenvalue weighted by atomic mass is 19.1. The van der Waals surface area contributed by atoms with E-state index in [4.69, 9.17) is 4.42 Å². The van der Waals surface area contributed by atoms with Crippen LogP contribution >= 0.6 is 0 Å². The zero-order valence-electron chi connectivity index (χ0n) is 7.62. The molecule has 14 heavy (non-hydrogen) atoms. The summed E-state index contributed by atoms with van der Waals surface area (Å²) in [5.74, 6) is 0.868. The summed E-state index contributed by atoms with van der Waals surface area (Å²) < 4.78 is 17.8. The summed E-state index contributed by atoms with van der Waals surface area (Å²) in [6.07, 6.45) is 1.51. The molecule has 0 atom stereocenters. The van der Waals surface area contributed by atoms with Gasteiger partial charge in [-0.1, -0.05) is 0 Å². The van der Waals surface area contributed by atoms with Crippen LogP contribution in [0.15, 0.2) is 34.9 Å². The minimum Gasteiger partial charge on any atom is -0.442 e. The van der Waals surface area contributed by atoms with Gasteiger partial charge in [0.2, 0.25) is 5.89 Å². The van der Waals surface area contributed by atoms with Crippen LogP contribution in [0, 0.1) is 5.82 Å². The van der Waals surface area contributed by atoms with Crippen LogP contribution in [0.3, 0.4) is 0 Å². The second-order valence-corrected chi connectivity index (χ2v) is 2.79. The van der Waals surface area contributed by atoms with Crippen LogP contribution in [0.4, 0.5) is 10.2 Å². The van der Waals surface area contributed by atoms with Crippen molar-refractivity contribution < 1.29 is 8.81 Å². The molecule has 0 aliphatic heterocycles. The topological polar surface area (TPSA) is 38.1 Å². The number of hydrogen-bond donors (Lipinski definition) is 1. The molecule has 0 saturated carbocycles. The van der Waals surface area contributed by atoms with E-state index in [2.05, 4.69) is 10.3 Å². The summed E-state index contributed by atoms with van der Waals surface area (Å²) in [5.41, 5.74) is 0.757. The van der Waals surface area contributed by atoms with E-state index in [9.17, 15) is 4.39 Å². The monoisotopic (exact) mass is 192 g/mol. The molecule has 72 valence electrons. The van der Waals surface area contributed by atoms with Crippen LogP contribution in [0.25, 0.3) is 11.5 Å². The zero-order valence-corrected chi connectivity index (χ0v) is 7.62. The summed E-state index contributed by atoms with van der Waals surface area (Å²) in [7, 11) is 1.76. The van der Waals surface area contributed by atoms with Crippen molar-refractivity contribution in [2.75, 3.05) is 12.4 Å². The minimum absolute atomic E-state index is 0.269. The van der Waals surface area contributed by atoms with E-state index in [1.54, 1.807) is 19.2 Å². The van der Waals surface area contributed by atoms with Gasteiger partial charge in [-0.3, -0.25) is 0 Å². The Labute approximate surface area is 80.6 Å². The van der Waals surface area contributed by atoms with Crippen LogP contribution in [0.5, 0.6) is 0 Å². The molecule has 1 aromatic carbocycles. The van der Waals surface area contributed by atoms with E-state index < -0.39 is 0 Å². The fraction of sp³-hybridized carbons (Fsp3) is 0.100. The lowest BCUT2D eigenvalue weighted by atomic mass is 10.2. The van der Waals surface area contributed by atoms with Gasteiger partial charge in [0, 0.05) is 12.6 Å². The average molecular weight is 192 g/mol. The van der Waals surface area contributed by atoms with Gasteiger partial charge < -0.3 is 9.73 Å². The largest absolute Gasteiger partial charge is 0.442 e. The predicted molar refractivity (Wildman–Crippen MR) is 51.4 cm³/mol. The molecule has 0 aliphatic carbocycles. The van der Waals surface area contributed by atoms with Gasteiger partial charge in [-0.25, -0.2) is 4.39 Å². The molecule has 2 aromatic rings. The molecule has 0 spiro atoms. The number of rotatable bonds is 2. The standard InChI is InChI=1S/C10H9FN2O/c1-12-9-6-14-10(13-9)7-2-4-8(11)5-3-7/h2-6,12H,1H3. The quantitative estimate of drug-likeness (QED) is 0.794. The van der Waals surface area contributed by atoms with Crippen LogP contribution < -0.4 is 5.32 Å². The summed E-state index contributed by atoms with van der Waals surface area (Å²) in [6.45, 7) is 0. The van der Waals surface area contributed by atoms with Crippen molar-refractivity contribution in [2.24, 2.45) is 0 Å². The number of benzene rings is 1. The first-order chi connectivity index (χ1) is 6.79. The third kappa shape index (κ3) is 1.59. The number of aromatic nitrogens is 1. The Kier molecular flexibility index (Phi) is 2.18. The first-order valence-electron chi connectivity index (χ1n) is 4.19. The number of hydrogen-bond acceptors (Lipinski definition) is 3. The molecular formula is C10H9FN2O. The Balaban J connectivity index is 2.34. The van der Waals surface area contributed by atoms with Crippen LogP contribution in [-0.2, 0) is 0 Å². The highest BCUT2D eigenvalue weighted by Gasteiger charge is 2.04. The maximum absolute atomic E-state index is 12.6. The molecular weight excluding hydrogens is 183 g/mol. The summed E-state index contributed by atoms with van der Waals surface area (Å²) in [5, 5.41) is 2.85.